The number of carbonyl (C=O) groups excluding carboxylic acids is 1. The lowest BCUT2D eigenvalue weighted by molar-refractivity contribution is -0.137. The molecule has 1 saturated carbocycles. The van der Waals surface area contributed by atoms with Gasteiger partial charge in [0.2, 0.25) is 0 Å². The first-order chi connectivity index (χ1) is 17.9. The molecule has 0 aliphatic heterocycles. The largest absolute Gasteiger partial charge is 0.493 e. The van der Waals surface area contributed by atoms with Gasteiger partial charge in [0.1, 0.15) is 5.75 Å². The molecule has 0 saturated heterocycles. The minimum absolute atomic E-state index is 0.147. The minimum atomic E-state index is -0.894. The van der Waals surface area contributed by atoms with Crippen molar-refractivity contribution in [1.29, 1.82) is 0 Å². The van der Waals surface area contributed by atoms with Crippen LogP contribution in [0.4, 0.5) is 0 Å². The summed E-state index contributed by atoms with van der Waals surface area (Å²) in [5.41, 5.74) is 4.97. The van der Waals surface area contributed by atoms with E-state index in [2.05, 4.69) is 19.1 Å². The van der Waals surface area contributed by atoms with Gasteiger partial charge in [0.05, 0.1) is 7.98 Å². The van der Waals surface area contributed by atoms with Crippen molar-refractivity contribution in [3.05, 3.63) is 89.5 Å². The number of ether oxygens (including phenoxy) is 1. The maximum absolute atomic E-state index is 13.6. The Morgan fingerprint density at radius 2 is 1.64 bits per heavy atom. The summed E-state index contributed by atoms with van der Waals surface area (Å²) in [5.74, 6) is -0.221. The Hall–Kier alpha value is -3.60. The van der Waals surface area contributed by atoms with Gasteiger partial charge in [-0.1, -0.05) is 61.5 Å². The van der Waals surface area contributed by atoms with Crippen LogP contribution >= 0.6 is 0 Å². The number of aryl methyl sites for hydroxylation is 1. The summed E-state index contributed by atoms with van der Waals surface area (Å²) in [7, 11) is 0. The van der Waals surface area contributed by atoms with Crippen LogP contribution in [0.5, 0.6) is 5.75 Å². The molecule has 0 spiro atoms. The molecule has 1 fully saturated rings. The van der Waals surface area contributed by atoms with Crippen LogP contribution in [0.2, 0.25) is 0 Å². The molecule has 5 heteroatoms. The smallest absolute Gasteiger partial charge is 0.303 e. The molecule has 1 N–H and O–H groups in total. The van der Waals surface area contributed by atoms with Crippen molar-refractivity contribution in [2.75, 3.05) is 6.61 Å². The van der Waals surface area contributed by atoms with Gasteiger partial charge in [0.25, 0.3) is 5.91 Å². The number of nitrogens with zero attached hydrogens (tertiary/aromatic N) is 1. The van der Waals surface area contributed by atoms with Gasteiger partial charge in [-0.05, 0) is 73.4 Å². The number of carboxylic acids is 1. The number of rotatable bonds is 13. The van der Waals surface area contributed by atoms with Crippen LogP contribution in [0.15, 0.2) is 72.8 Å². The maximum Gasteiger partial charge on any atom is 0.303 e. The van der Waals surface area contributed by atoms with E-state index in [-0.39, 0.29) is 12.3 Å². The topological polar surface area (TPSA) is 66.8 Å². The van der Waals surface area contributed by atoms with Crippen molar-refractivity contribution in [3.63, 3.8) is 0 Å². The number of benzene rings is 3. The van der Waals surface area contributed by atoms with E-state index in [4.69, 9.17) is 11.2 Å². The summed E-state index contributed by atoms with van der Waals surface area (Å²) in [6.45, 7) is 2.92. The predicted molar refractivity (Wildman–Crippen MR) is 142 cm³/mol. The average molecular weight is 487 g/mol. The second-order valence-corrected chi connectivity index (χ2v) is 9.21. The summed E-state index contributed by atoms with van der Waals surface area (Å²) in [6.07, 6.45) is 4.61. The molecule has 1 aliphatic carbocycles. The highest BCUT2D eigenvalue weighted by atomic mass is 16.5. The zero-order valence-corrected chi connectivity index (χ0v) is 20.9. The van der Waals surface area contributed by atoms with Crippen molar-refractivity contribution < 1.29 is 20.8 Å². The quantitative estimate of drug-likeness (QED) is 0.272. The fraction of sp³-hybridized carbons (Fsp3) is 0.355. The molecule has 5 nitrogen and oxygen atoms in total. The summed E-state index contributed by atoms with van der Waals surface area (Å²) in [5, 5.41) is 8.77. The van der Waals surface area contributed by atoms with Gasteiger partial charge < -0.3 is 14.7 Å². The fourth-order valence-electron chi connectivity index (χ4n) is 4.39. The van der Waals surface area contributed by atoms with E-state index in [1.807, 2.05) is 60.7 Å². The van der Waals surface area contributed by atoms with E-state index >= 15 is 0 Å². The van der Waals surface area contributed by atoms with E-state index in [0.29, 0.717) is 43.7 Å². The van der Waals surface area contributed by atoms with Gasteiger partial charge in [0.15, 0.2) is 0 Å². The van der Waals surface area contributed by atoms with Crippen molar-refractivity contribution in [2.45, 2.75) is 64.4 Å². The highest BCUT2D eigenvalue weighted by molar-refractivity contribution is 5.95. The second kappa shape index (κ2) is 12.4. The number of amides is 1. The Balaban J connectivity index is 1.46. The van der Waals surface area contributed by atoms with Gasteiger partial charge in [0, 0.05) is 30.1 Å². The standard InChI is InChI=1S/C31H35NO4/c1-2-23-10-5-7-12-28(23)24-15-17-25(18-16-24)31(35)32(27-19-20-27)22-26-11-6-8-13-29(26)36-21-9-3-4-14-30(33)34/h5-8,10-13,15-18,27H,2-4,9,14,19-22H2,1H3,(H,33,34)/i27D. The fourth-order valence-corrected chi connectivity index (χ4v) is 4.39. The Bertz CT molecular complexity index is 1220. The summed E-state index contributed by atoms with van der Waals surface area (Å²) >= 11 is 0. The number of carboxylic acid groups (broad SMARTS) is 1. The molecule has 0 aromatic heterocycles. The molecular weight excluding hydrogens is 450 g/mol. The second-order valence-electron chi connectivity index (χ2n) is 9.21. The molecule has 188 valence electrons. The number of para-hydroxylation sites is 1. The number of unbranched alkanes of at least 4 members (excludes halogenated alkanes) is 2. The van der Waals surface area contributed by atoms with E-state index in [1.165, 1.54) is 11.1 Å². The summed E-state index contributed by atoms with van der Waals surface area (Å²) in [6, 6.07) is 22.8. The van der Waals surface area contributed by atoms with E-state index < -0.39 is 12.0 Å². The van der Waals surface area contributed by atoms with Crippen LogP contribution < -0.4 is 4.74 Å². The number of hydrogen-bond donors (Lipinski definition) is 1. The normalized spacial score (nSPS) is 14.1. The van der Waals surface area contributed by atoms with Crippen LogP contribution in [-0.4, -0.2) is 34.5 Å². The first-order valence-electron chi connectivity index (χ1n) is 13.3. The Morgan fingerprint density at radius 1 is 0.944 bits per heavy atom. The highest BCUT2D eigenvalue weighted by Crippen LogP contribution is 2.32. The lowest BCUT2D eigenvalue weighted by Crippen LogP contribution is -2.32. The first-order valence-corrected chi connectivity index (χ1v) is 12.8. The number of carbonyl (C=O) groups is 2. The van der Waals surface area contributed by atoms with E-state index in [0.717, 1.165) is 30.4 Å². The first kappa shape index (κ1) is 24.1. The van der Waals surface area contributed by atoms with Gasteiger partial charge in [-0.2, -0.15) is 0 Å². The minimum Gasteiger partial charge on any atom is -0.493 e. The number of hydrogen-bond acceptors (Lipinski definition) is 3. The van der Waals surface area contributed by atoms with Gasteiger partial charge in [-0.25, -0.2) is 0 Å². The van der Waals surface area contributed by atoms with E-state index in [9.17, 15) is 9.59 Å². The molecule has 36 heavy (non-hydrogen) atoms. The van der Waals surface area contributed by atoms with Crippen LogP contribution in [0.1, 0.15) is 68.3 Å². The molecular formula is C31H35NO4. The van der Waals surface area contributed by atoms with Crippen LogP contribution in [0.3, 0.4) is 0 Å². The van der Waals surface area contributed by atoms with Crippen molar-refractivity contribution in [3.8, 4) is 16.9 Å². The van der Waals surface area contributed by atoms with Crippen LogP contribution in [0, 0.1) is 0 Å². The van der Waals surface area contributed by atoms with Crippen molar-refractivity contribution >= 4 is 11.9 Å². The SMILES string of the molecule is [2H]C1(N(Cc2ccccc2OCCCCCC(=O)O)C(=O)c2ccc(-c3ccccc3CC)cc2)CC1. The Morgan fingerprint density at radius 3 is 2.33 bits per heavy atom. The summed E-state index contributed by atoms with van der Waals surface area (Å²) < 4.78 is 14.8. The molecule has 3 aromatic carbocycles. The van der Waals surface area contributed by atoms with Crippen LogP contribution in [0.25, 0.3) is 11.1 Å². The average Bonchev–Trinajstić information content (AvgIpc) is 3.67. The lowest BCUT2D eigenvalue weighted by atomic mass is 9.97. The Labute approximate surface area is 215 Å². The van der Waals surface area contributed by atoms with Gasteiger partial charge in [-0.3, -0.25) is 9.59 Å². The molecule has 0 bridgehead atoms. The maximum atomic E-state index is 13.6. The molecule has 1 amide bonds. The van der Waals surface area contributed by atoms with Gasteiger partial charge >= 0.3 is 5.97 Å². The zero-order chi connectivity index (χ0) is 26.3. The van der Waals surface area contributed by atoms with Gasteiger partial charge in [-0.15, -0.1) is 0 Å². The third-order valence-electron chi connectivity index (χ3n) is 6.54. The molecule has 0 radical (unpaired) electrons. The molecule has 4 rings (SSSR count). The van der Waals surface area contributed by atoms with Crippen molar-refractivity contribution in [2.24, 2.45) is 0 Å². The lowest BCUT2D eigenvalue weighted by Gasteiger charge is -2.24. The Kier molecular flexibility index (Phi) is 8.30. The van der Waals surface area contributed by atoms with Crippen LogP contribution in [-0.2, 0) is 17.8 Å². The molecule has 1 aliphatic rings. The molecule has 0 atom stereocenters. The monoisotopic (exact) mass is 486 g/mol. The molecule has 3 aromatic rings. The molecule has 0 unspecified atom stereocenters. The van der Waals surface area contributed by atoms with Crippen molar-refractivity contribution in [1.82, 2.24) is 4.90 Å². The zero-order valence-electron chi connectivity index (χ0n) is 21.9. The summed E-state index contributed by atoms with van der Waals surface area (Å²) in [4.78, 5) is 26.0. The third kappa shape index (κ3) is 6.75. The third-order valence-corrected chi connectivity index (χ3v) is 6.54. The molecule has 0 heterocycles. The number of aliphatic carboxylic acids is 1. The highest BCUT2D eigenvalue weighted by Gasteiger charge is 2.33. The predicted octanol–water partition coefficient (Wildman–Crippen LogP) is 6.74. The van der Waals surface area contributed by atoms with E-state index in [1.54, 1.807) is 4.90 Å².